The number of alkyl halides is 3. The third-order valence-corrected chi connectivity index (χ3v) is 6.92. The van der Waals surface area contributed by atoms with E-state index in [2.05, 4.69) is 31.2 Å². The van der Waals surface area contributed by atoms with Gasteiger partial charge in [-0.3, -0.25) is 4.79 Å². The van der Waals surface area contributed by atoms with Crippen LogP contribution in [0.5, 0.6) is 0 Å². The molecule has 52 heavy (non-hydrogen) atoms. The van der Waals surface area contributed by atoms with Crippen molar-refractivity contribution in [2.24, 2.45) is 0 Å². The van der Waals surface area contributed by atoms with E-state index < -0.39 is 23.8 Å². The van der Waals surface area contributed by atoms with E-state index in [9.17, 15) is 27.2 Å². The van der Waals surface area contributed by atoms with Gasteiger partial charge < -0.3 is 31.1 Å². The number of aromatic nitrogens is 2. The van der Waals surface area contributed by atoms with E-state index in [0.29, 0.717) is 42.7 Å². The molecule has 0 bridgehead atoms. The van der Waals surface area contributed by atoms with Crippen molar-refractivity contribution >= 4 is 46.3 Å². The summed E-state index contributed by atoms with van der Waals surface area (Å²) in [5.41, 5.74) is 4.16. The summed E-state index contributed by atoms with van der Waals surface area (Å²) in [6.07, 6.45) is -5.55. The molecule has 5 rings (SSSR count). The molecule has 1 heterocycles. The van der Waals surface area contributed by atoms with Gasteiger partial charge in [0.15, 0.2) is 0 Å². The number of alkyl carbamates (subject to hydrolysis) is 1. The summed E-state index contributed by atoms with van der Waals surface area (Å²) in [5.74, 6) is -2.16. The van der Waals surface area contributed by atoms with E-state index in [1.54, 1.807) is 24.3 Å². The summed E-state index contributed by atoms with van der Waals surface area (Å²) < 4.78 is 50.2. The van der Waals surface area contributed by atoms with Crippen molar-refractivity contribution in [3.63, 3.8) is 0 Å². The highest BCUT2D eigenvalue weighted by Gasteiger charge is 2.38. The van der Waals surface area contributed by atoms with Crippen LogP contribution in [-0.4, -0.2) is 57.9 Å². The number of hydrogen-bond acceptors (Lipinski definition) is 8. The lowest BCUT2D eigenvalue weighted by atomic mass is 10.0. The summed E-state index contributed by atoms with van der Waals surface area (Å²) >= 11 is 0. The molecule has 11 nitrogen and oxygen atoms in total. The maximum Gasteiger partial charge on any atom is 0.490 e. The fraction of sp³-hybridized carbons (Fsp3) is 0.216. The Kier molecular flexibility index (Phi) is 12.7. The molecule has 0 atom stereocenters. The van der Waals surface area contributed by atoms with E-state index >= 15 is 0 Å². The van der Waals surface area contributed by atoms with E-state index in [0.717, 1.165) is 27.6 Å². The van der Waals surface area contributed by atoms with E-state index in [1.165, 1.54) is 12.1 Å². The number of anilines is 3. The van der Waals surface area contributed by atoms with Crippen LogP contribution in [0.2, 0.25) is 0 Å². The maximum absolute atomic E-state index is 13.2. The number of carbonyl (C=O) groups is 3. The lowest BCUT2D eigenvalue weighted by Crippen LogP contribution is -2.35. The van der Waals surface area contributed by atoms with Crippen molar-refractivity contribution in [2.75, 3.05) is 29.0 Å². The smallest absolute Gasteiger partial charge is 0.475 e. The standard InChI is InChI=1S/C35H35FN6O3.C2HF3O2/c1-35(2,3)45-34(44)38-21-20-37-31-29-6-4-5-7-30(29)41-33(42-31)39-22-23-8-18-28(19-9-23)40-32(43)26-12-10-24(11-13-26)25-14-16-27(36)17-15-25;3-2(4,5)1(6)7/h4-19H,20-22H2,1-3H3,(H,38,44)(H,40,43)(H2,37,39,41,42);(H,6,7). The number of benzene rings is 4. The summed E-state index contributed by atoms with van der Waals surface area (Å²) in [6.45, 7) is 6.73. The quantitative estimate of drug-likeness (QED) is 0.0716. The molecule has 2 amide bonds. The first-order valence-corrected chi connectivity index (χ1v) is 15.9. The minimum absolute atomic E-state index is 0.225. The number of carboxylic acid groups (broad SMARTS) is 1. The molecule has 0 fully saturated rings. The van der Waals surface area contributed by atoms with Crippen LogP contribution in [0.3, 0.4) is 0 Å². The van der Waals surface area contributed by atoms with Gasteiger partial charge in [-0.25, -0.2) is 19.0 Å². The number of hydrogen-bond donors (Lipinski definition) is 5. The van der Waals surface area contributed by atoms with Crippen molar-refractivity contribution in [2.45, 2.75) is 39.1 Å². The Morgan fingerprint density at radius 2 is 1.37 bits per heavy atom. The van der Waals surface area contributed by atoms with Gasteiger partial charge in [0.2, 0.25) is 5.95 Å². The summed E-state index contributed by atoms with van der Waals surface area (Å²) in [7, 11) is 0. The Morgan fingerprint density at radius 3 is 1.96 bits per heavy atom. The lowest BCUT2D eigenvalue weighted by molar-refractivity contribution is -0.192. The van der Waals surface area contributed by atoms with Crippen LogP contribution in [0.4, 0.5) is 39.8 Å². The Labute approximate surface area is 296 Å². The molecule has 5 N–H and O–H groups in total. The Balaban J connectivity index is 0.000000785. The van der Waals surface area contributed by atoms with Crippen molar-refractivity contribution < 1.29 is 41.8 Å². The summed E-state index contributed by atoms with van der Waals surface area (Å²) in [4.78, 5) is 42.9. The number of halogens is 4. The lowest BCUT2D eigenvalue weighted by Gasteiger charge is -2.19. The highest BCUT2D eigenvalue weighted by Crippen LogP contribution is 2.23. The van der Waals surface area contributed by atoms with Gasteiger partial charge in [-0.1, -0.05) is 48.5 Å². The van der Waals surface area contributed by atoms with E-state index in [-0.39, 0.29) is 11.7 Å². The first-order chi connectivity index (χ1) is 24.6. The zero-order chi connectivity index (χ0) is 37.9. The second kappa shape index (κ2) is 17.1. The van der Waals surface area contributed by atoms with Crippen molar-refractivity contribution in [3.8, 4) is 11.1 Å². The van der Waals surface area contributed by atoms with Crippen LogP contribution in [0.15, 0.2) is 97.1 Å². The molecular weight excluding hydrogens is 684 g/mol. The number of nitrogens with one attached hydrogen (secondary N) is 4. The Hall–Kier alpha value is -6.25. The van der Waals surface area contributed by atoms with Gasteiger partial charge in [0.1, 0.15) is 17.2 Å². The SMILES string of the molecule is CC(C)(C)OC(=O)NCCNc1nc(NCc2ccc(NC(=O)c3ccc(-c4ccc(F)cc4)cc3)cc2)nc2ccccc12.O=C(O)C(F)(F)F. The van der Waals surface area contributed by atoms with Gasteiger partial charge in [-0.15, -0.1) is 0 Å². The predicted molar refractivity (Wildman–Crippen MR) is 190 cm³/mol. The zero-order valence-corrected chi connectivity index (χ0v) is 28.3. The average molecular weight is 721 g/mol. The first-order valence-electron chi connectivity index (χ1n) is 15.9. The van der Waals surface area contributed by atoms with Gasteiger partial charge in [0, 0.05) is 36.3 Å². The van der Waals surface area contributed by atoms with Crippen LogP contribution >= 0.6 is 0 Å². The minimum atomic E-state index is -5.08. The van der Waals surface area contributed by atoms with Crippen LogP contribution < -0.4 is 21.3 Å². The van der Waals surface area contributed by atoms with Gasteiger partial charge in [0.05, 0.1) is 5.52 Å². The molecule has 0 aliphatic heterocycles. The molecule has 5 aromatic rings. The number of carboxylic acids is 1. The summed E-state index contributed by atoms with van der Waals surface area (Å²) in [5, 5.41) is 20.2. The van der Waals surface area contributed by atoms with E-state index in [4.69, 9.17) is 14.6 Å². The zero-order valence-electron chi connectivity index (χ0n) is 28.3. The number of rotatable bonds is 10. The molecule has 4 aromatic carbocycles. The topological polar surface area (TPSA) is 155 Å². The summed E-state index contributed by atoms with van der Waals surface area (Å²) in [6, 6.07) is 28.6. The highest BCUT2D eigenvalue weighted by atomic mass is 19.4. The van der Waals surface area contributed by atoms with Crippen LogP contribution in [0.25, 0.3) is 22.0 Å². The van der Waals surface area contributed by atoms with Crippen molar-refractivity contribution in [3.05, 3.63) is 114 Å². The monoisotopic (exact) mass is 720 g/mol. The Morgan fingerprint density at radius 1 is 0.769 bits per heavy atom. The highest BCUT2D eigenvalue weighted by molar-refractivity contribution is 6.04. The second-order valence-electron chi connectivity index (χ2n) is 12.2. The molecule has 1 aromatic heterocycles. The van der Waals surface area contributed by atoms with Gasteiger partial charge in [-0.05, 0) is 86.0 Å². The molecule has 0 aliphatic rings. The largest absolute Gasteiger partial charge is 0.490 e. The van der Waals surface area contributed by atoms with Crippen LogP contribution in [0, 0.1) is 5.82 Å². The molecule has 15 heteroatoms. The Bertz CT molecular complexity index is 1980. The number of fused-ring (bicyclic) bond motifs is 1. The van der Waals surface area contributed by atoms with Gasteiger partial charge in [0.25, 0.3) is 5.91 Å². The molecule has 0 spiro atoms. The third-order valence-electron chi connectivity index (χ3n) is 6.92. The molecule has 0 saturated carbocycles. The molecule has 0 radical (unpaired) electrons. The first kappa shape index (κ1) is 38.6. The van der Waals surface area contributed by atoms with Crippen molar-refractivity contribution in [1.82, 2.24) is 15.3 Å². The average Bonchev–Trinajstić information content (AvgIpc) is 3.09. The number of nitrogens with zero attached hydrogens (tertiary/aromatic N) is 2. The number of amides is 2. The predicted octanol–water partition coefficient (Wildman–Crippen LogP) is 7.87. The maximum atomic E-state index is 13.2. The number of ether oxygens (including phenoxy) is 1. The molecule has 0 saturated heterocycles. The third kappa shape index (κ3) is 12.0. The van der Waals surface area contributed by atoms with Crippen molar-refractivity contribution in [1.29, 1.82) is 0 Å². The fourth-order valence-electron chi connectivity index (χ4n) is 4.50. The van der Waals surface area contributed by atoms with Crippen LogP contribution in [0.1, 0.15) is 36.7 Å². The minimum Gasteiger partial charge on any atom is -0.475 e. The molecule has 0 aliphatic carbocycles. The van der Waals surface area contributed by atoms with Crippen LogP contribution in [-0.2, 0) is 16.1 Å². The molecule has 272 valence electrons. The number of aliphatic carboxylic acids is 1. The second-order valence-corrected chi connectivity index (χ2v) is 12.2. The normalized spacial score (nSPS) is 11.1. The molecule has 0 unspecified atom stereocenters. The number of carbonyl (C=O) groups excluding carboxylic acids is 2. The fourth-order valence-corrected chi connectivity index (χ4v) is 4.50. The number of para-hydroxylation sites is 1. The van der Waals surface area contributed by atoms with Gasteiger partial charge in [-0.2, -0.15) is 18.2 Å². The van der Waals surface area contributed by atoms with E-state index in [1.807, 2.05) is 81.4 Å². The molecular formula is C37H36F4N6O5. The van der Waals surface area contributed by atoms with Gasteiger partial charge >= 0.3 is 18.2 Å².